The smallest absolute Gasteiger partial charge is 0.251 e. The molecule has 0 radical (unpaired) electrons. The standard InChI is InChI=1S/C14H14N2O2/c1-2-15-14(18)12-5-3-4-10(8-12)11-6-7-16-13(17)9-11/h3-9H,2H2,1H3,(H,15,18)(H,16,17). The molecule has 2 aromatic rings. The molecule has 0 fully saturated rings. The first-order chi connectivity index (χ1) is 8.70. The number of rotatable bonds is 3. The molecule has 0 aliphatic heterocycles. The third-order valence-electron chi connectivity index (χ3n) is 2.57. The molecule has 0 unspecified atom stereocenters. The molecule has 0 atom stereocenters. The van der Waals surface area contributed by atoms with Crippen LogP contribution in [0.3, 0.4) is 0 Å². The van der Waals surface area contributed by atoms with Crippen LogP contribution >= 0.6 is 0 Å². The molecule has 4 nitrogen and oxygen atoms in total. The topological polar surface area (TPSA) is 62.0 Å². The van der Waals surface area contributed by atoms with E-state index in [1.54, 1.807) is 30.5 Å². The largest absolute Gasteiger partial charge is 0.352 e. The summed E-state index contributed by atoms with van der Waals surface area (Å²) in [5.74, 6) is -0.107. The molecule has 1 aromatic heterocycles. The van der Waals surface area contributed by atoms with Gasteiger partial charge in [0.25, 0.3) is 5.91 Å². The van der Waals surface area contributed by atoms with Crippen molar-refractivity contribution in [2.24, 2.45) is 0 Å². The van der Waals surface area contributed by atoms with Crippen LogP contribution in [0.4, 0.5) is 0 Å². The third-order valence-corrected chi connectivity index (χ3v) is 2.57. The Hall–Kier alpha value is -2.36. The summed E-state index contributed by atoms with van der Waals surface area (Å²) >= 11 is 0. The SMILES string of the molecule is CCNC(=O)c1cccc(-c2cc[nH]c(=O)c2)c1. The van der Waals surface area contributed by atoms with Gasteiger partial charge in [-0.25, -0.2) is 0 Å². The Kier molecular flexibility index (Phi) is 3.57. The number of aromatic amines is 1. The molecular weight excluding hydrogens is 228 g/mol. The number of aromatic nitrogens is 1. The van der Waals surface area contributed by atoms with E-state index in [4.69, 9.17) is 0 Å². The van der Waals surface area contributed by atoms with E-state index in [9.17, 15) is 9.59 Å². The normalized spacial score (nSPS) is 10.1. The maximum absolute atomic E-state index is 11.7. The van der Waals surface area contributed by atoms with E-state index in [0.29, 0.717) is 12.1 Å². The molecule has 0 saturated carbocycles. The van der Waals surface area contributed by atoms with Crippen LogP contribution in [0.15, 0.2) is 47.4 Å². The van der Waals surface area contributed by atoms with Gasteiger partial charge in [0.2, 0.25) is 5.56 Å². The minimum Gasteiger partial charge on any atom is -0.352 e. The molecule has 1 heterocycles. The van der Waals surface area contributed by atoms with Gasteiger partial charge in [-0.15, -0.1) is 0 Å². The molecule has 0 aliphatic carbocycles. The van der Waals surface area contributed by atoms with Crippen LogP contribution in [0.5, 0.6) is 0 Å². The van der Waals surface area contributed by atoms with Crippen molar-refractivity contribution in [1.82, 2.24) is 10.3 Å². The predicted molar refractivity (Wildman–Crippen MR) is 70.5 cm³/mol. The van der Waals surface area contributed by atoms with Gasteiger partial charge in [-0.2, -0.15) is 0 Å². The highest BCUT2D eigenvalue weighted by Gasteiger charge is 2.05. The molecule has 1 aromatic carbocycles. The fourth-order valence-corrected chi connectivity index (χ4v) is 1.73. The lowest BCUT2D eigenvalue weighted by Gasteiger charge is -2.05. The lowest BCUT2D eigenvalue weighted by Crippen LogP contribution is -2.22. The Morgan fingerprint density at radius 1 is 1.22 bits per heavy atom. The number of nitrogens with one attached hydrogen (secondary N) is 2. The highest BCUT2D eigenvalue weighted by Crippen LogP contribution is 2.18. The van der Waals surface area contributed by atoms with Crippen LogP contribution in [-0.2, 0) is 0 Å². The highest BCUT2D eigenvalue weighted by atomic mass is 16.1. The molecule has 18 heavy (non-hydrogen) atoms. The number of amides is 1. The molecule has 0 spiro atoms. The van der Waals surface area contributed by atoms with Gasteiger partial charge in [0.05, 0.1) is 0 Å². The van der Waals surface area contributed by atoms with E-state index in [2.05, 4.69) is 10.3 Å². The number of carbonyl (C=O) groups is 1. The van der Waals surface area contributed by atoms with Crippen molar-refractivity contribution in [2.45, 2.75) is 6.92 Å². The molecule has 92 valence electrons. The number of benzene rings is 1. The van der Waals surface area contributed by atoms with Gasteiger partial charge in [0.15, 0.2) is 0 Å². The Labute approximate surface area is 105 Å². The van der Waals surface area contributed by atoms with Crippen LogP contribution in [-0.4, -0.2) is 17.4 Å². The molecule has 0 bridgehead atoms. The quantitative estimate of drug-likeness (QED) is 0.862. The number of H-pyrrole nitrogens is 1. The molecule has 4 heteroatoms. The summed E-state index contributed by atoms with van der Waals surface area (Å²) in [5, 5.41) is 2.75. The Bertz CT molecular complexity index is 617. The highest BCUT2D eigenvalue weighted by molar-refractivity contribution is 5.95. The third kappa shape index (κ3) is 2.66. The summed E-state index contributed by atoms with van der Waals surface area (Å²) in [5.41, 5.74) is 2.08. The van der Waals surface area contributed by atoms with E-state index >= 15 is 0 Å². The van der Waals surface area contributed by atoms with Crippen molar-refractivity contribution in [3.8, 4) is 11.1 Å². The zero-order valence-corrected chi connectivity index (χ0v) is 10.1. The molecule has 0 saturated heterocycles. The van der Waals surface area contributed by atoms with Crippen molar-refractivity contribution in [3.63, 3.8) is 0 Å². The van der Waals surface area contributed by atoms with Crippen molar-refractivity contribution in [3.05, 3.63) is 58.5 Å². The van der Waals surface area contributed by atoms with Crippen LogP contribution in [0.25, 0.3) is 11.1 Å². The average Bonchev–Trinajstić information content (AvgIpc) is 2.39. The van der Waals surface area contributed by atoms with Gasteiger partial charge in [-0.1, -0.05) is 12.1 Å². The van der Waals surface area contributed by atoms with E-state index in [0.717, 1.165) is 11.1 Å². The maximum Gasteiger partial charge on any atom is 0.251 e. The van der Waals surface area contributed by atoms with Gasteiger partial charge < -0.3 is 10.3 Å². The summed E-state index contributed by atoms with van der Waals surface area (Å²) in [6.07, 6.45) is 1.59. The number of hydrogen-bond acceptors (Lipinski definition) is 2. The minimum atomic E-state index is -0.157. The fourth-order valence-electron chi connectivity index (χ4n) is 1.73. The maximum atomic E-state index is 11.7. The van der Waals surface area contributed by atoms with E-state index in [1.807, 2.05) is 13.0 Å². The van der Waals surface area contributed by atoms with Crippen molar-refractivity contribution < 1.29 is 4.79 Å². The number of pyridine rings is 1. The van der Waals surface area contributed by atoms with Gasteiger partial charge in [-0.3, -0.25) is 9.59 Å². The molecule has 0 aliphatic rings. The van der Waals surface area contributed by atoms with E-state index in [1.165, 1.54) is 6.07 Å². The second-order valence-electron chi connectivity index (χ2n) is 3.88. The van der Waals surface area contributed by atoms with Crippen LogP contribution in [0.2, 0.25) is 0 Å². The van der Waals surface area contributed by atoms with Gasteiger partial charge >= 0.3 is 0 Å². The Balaban J connectivity index is 2.38. The summed E-state index contributed by atoms with van der Waals surface area (Å²) in [4.78, 5) is 25.5. The predicted octanol–water partition coefficient (Wildman–Crippen LogP) is 1.79. The Morgan fingerprint density at radius 3 is 2.72 bits per heavy atom. The summed E-state index contributed by atoms with van der Waals surface area (Å²) in [6, 6.07) is 10.5. The Morgan fingerprint density at radius 2 is 2.00 bits per heavy atom. The van der Waals surface area contributed by atoms with Crippen molar-refractivity contribution >= 4 is 5.91 Å². The summed E-state index contributed by atoms with van der Waals surface area (Å²) in [6.45, 7) is 2.46. The minimum absolute atomic E-state index is 0.107. The van der Waals surface area contributed by atoms with Crippen LogP contribution in [0, 0.1) is 0 Å². The number of hydrogen-bond donors (Lipinski definition) is 2. The molecule has 1 amide bonds. The van der Waals surface area contributed by atoms with E-state index < -0.39 is 0 Å². The van der Waals surface area contributed by atoms with Gasteiger partial charge in [0.1, 0.15) is 0 Å². The monoisotopic (exact) mass is 242 g/mol. The zero-order valence-electron chi connectivity index (χ0n) is 10.1. The summed E-state index contributed by atoms with van der Waals surface area (Å²) in [7, 11) is 0. The molecular formula is C14H14N2O2. The fraction of sp³-hybridized carbons (Fsp3) is 0.143. The molecule has 2 N–H and O–H groups in total. The first-order valence-electron chi connectivity index (χ1n) is 5.78. The van der Waals surface area contributed by atoms with Gasteiger partial charge in [0, 0.05) is 24.4 Å². The second-order valence-corrected chi connectivity index (χ2v) is 3.88. The van der Waals surface area contributed by atoms with Crippen molar-refractivity contribution in [2.75, 3.05) is 6.54 Å². The average molecular weight is 242 g/mol. The summed E-state index contributed by atoms with van der Waals surface area (Å²) < 4.78 is 0. The first-order valence-corrected chi connectivity index (χ1v) is 5.78. The number of carbonyl (C=O) groups excluding carboxylic acids is 1. The zero-order chi connectivity index (χ0) is 13.0. The lowest BCUT2D eigenvalue weighted by molar-refractivity contribution is 0.0956. The lowest BCUT2D eigenvalue weighted by atomic mass is 10.0. The van der Waals surface area contributed by atoms with Crippen molar-refractivity contribution in [1.29, 1.82) is 0 Å². The molecule has 2 rings (SSSR count). The first kappa shape index (κ1) is 12.1. The van der Waals surface area contributed by atoms with Gasteiger partial charge in [-0.05, 0) is 36.2 Å². The second kappa shape index (κ2) is 5.31. The van der Waals surface area contributed by atoms with Crippen LogP contribution in [0.1, 0.15) is 17.3 Å². The van der Waals surface area contributed by atoms with E-state index in [-0.39, 0.29) is 11.5 Å². The van der Waals surface area contributed by atoms with Crippen LogP contribution < -0.4 is 10.9 Å².